The highest BCUT2D eigenvalue weighted by molar-refractivity contribution is 7.99. The van der Waals surface area contributed by atoms with E-state index in [0.29, 0.717) is 0 Å². The molecule has 0 bridgehead atoms. The number of nitrogens with one attached hydrogen (secondary N) is 1. The quantitative estimate of drug-likeness (QED) is 0.791. The lowest BCUT2D eigenvalue weighted by molar-refractivity contribution is -0.127. The van der Waals surface area contributed by atoms with Gasteiger partial charge in [-0.15, -0.1) is 0 Å². The van der Waals surface area contributed by atoms with E-state index in [1.807, 2.05) is 0 Å². The number of carbonyl (C=O) groups is 1. The van der Waals surface area contributed by atoms with E-state index >= 15 is 0 Å². The van der Waals surface area contributed by atoms with Gasteiger partial charge in [0.1, 0.15) is 0 Å². The largest absolute Gasteiger partial charge is 0.347 e. The molecule has 1 N–H and O–H groups in total. The average Bonchev–Trinajstić information content (AvgIpc) is 2.53. The summed E-state index contributed by atoms with van der Waals surface area (Å²) in [6.07, 6.45) is 0.804. The lowest BCUT2D eigenvalue weighted by Crippen LogP contribution is -2.46. The van der Waals surface area contributed by atoms with Gasteiger partial charge in [-0.1, -0.05) is 0 Å². The predicted octanol–water partition coefficient (Wildman–Crippen LogP) is 1.90. The Hall–Kier alpha value is -0.320. The Morgan fingerprint density at radius 3 is 2.71 bits per heavy atom. The molecule has 0 radical (unpaired) electrons. The van der Waals surface area contributed by atoms with E-state index in [9.17, 15) is 13.6 Å². The molecule has 1 aliphatic rings. The molecule has 0 saturated carbocycles. The molecular formula is C9H15F2NOS. The molecule has 0 spiro atoms. The van der Waals surface area contributed by atoms with Crippen molar-refractivity contribution in [3.05, 3.63) is 0 Å². The molecule has 1 rings (SSSR count). The summed E-state index contributed by atoms with van der Waals surface area (Å²) in [5.74, 6) is -1.45. The summed E-state index contributed by atoms with van der Waals surface area (Å²) < 4.78 is 25.5. The summed E-state index contributed by atoms with van der Waals surface area (Å²) in [4.78, 5) is 11.4. The van der Waals surface area contributed by atoms with Crippen LogP contribution >= 0.6 is 11.8 Å². The van der Waals surface area contributed by atoms with E-state index in [4.69, 9.17) is 0 Å². The molecule has 5 heteroatoms. The fourth-order valence-corrected chi connectivity index (χ4v) is 2.42. The summed E-state index contributed by atoms with van der Waals surface area (Å²) in [5.41, 5.74) is 0. The minimum absolute atomic E-state index is 0.0789. The van der Waals surface area contributed by atoms with Crippen LogP contribution in [0.25, 0.3) is 0 Å². The number of amides is 1. The summed E-state index contributed by atoms with van der Waals surface area (Å²) >= 11 is 1.70. The normalized spacial score (nSPS) is 24.7. The molecule has 1 aliphatic heterocycles. The first-order valence-electron chi connectivity index (χ1n) is 4.67. The molecule has 2 atom stereocenters. The van der Waals surface area contributed by atoms with Crippen LogP contribution in [0.5, 0.6) is 0 Å². The maximum Gasteiger partial charge on any atom is 0.264 e. The highest BCUT2D eigenvalue weighted by Crippen LogP contribution is 2.24. The molecule has 0 aromatic heterocycles. The molecular weight excluding hydrogens is 208 g/mol. The summed E-state index contributed by atoms with van der Waals surface area (Å²) in [6, 6.07) is -1.08. The topological polar surface area (TPSA) is 29.1 Å². The Morgan fingerprint density at radius 1 is 1.64 bits per heavy atom. The van der Waals surface area contributed by atoms with Gasteiger partial charge < -0.3 is 5.32 Å². The molecule has 14 heavy (non-hydrogen) atoms. The number of carbonyl (C=O) groups excluding carboxylic acids is 1. The van der Waals surface area contributed by atoms with Crippen molar-refractivity contribution in [1.82, 2.24) is 5.32 Å². The Labute approximate surface area is 86.8 Å². The molecule has 82 valence electrons. The van der Waals surface area contributed by atoms with E-state index in [2.05, 4.69) is 5.32 Å². The minimum Gasteiger partial charge on any atom is -0.347 e. The fraction of sp³-hybridized carbons (Fsp3) is 0.889. The van der Waals surface area contributed by atoms with Gasteiger partial charge in [0.05, 0.1) is 6.04 Å². The van der Waals surface area contributed by atoms with Gasteiger partial charge in [0.25, 0.3) is 5.92 Å². The van der Waals surface area contributed by atoms with Crippen molar-refractivity contribution in [3.63, 3.8) is 0 Å². The molecule has 0 aromatic carbocycles. The van der Waals surface area contributed by atoms with Crippen molar-refractivity contribution < 1.29 is 13.6 Å². The van der Waals surface area contributed by atoms with Gasteiger partial charge in [-0.05, 0) is 19.1 Å². The first kappa shape index (κ1) is 11.8. The second-order valence-corrected chi connectivity index (χ2v) is 4.90. The predicted molar refractivity (Wildman–Crippen MR) is 53.7 cm³/mol. The summed E-state index contributed by atoms with van der Waals surface area (Å²) in [6.45, 7) is 2.15. The summed E-state index contributed by atoms with van der Waals surface area (Å²) in [7, 11) is 0. The van der Waals surface area contributed by atoms with Crippen molar-refractivity contribution in [1.29, 1.82) is 0 Å². The minimum atomic E-state index is -2.85. The molecule has 1 heterocycles. The average molecular weight is 223 g/mol. The van der Waals surface area contributed by atoms with Gasteiger partial charge in [0.15, 0.2) is 0 Å². The van der Waals surface area contributed by atoms with Crippen LogP contribution in [0.1, 0.15) is 20.3 Å². The van der Waals surface area contributed by atoms with Crippen LogP contribution in [0.2, 0.25) is 0 Å². The van der Waals surface area contributed by atoms with Crippen LogP contribution < -0.4 is 5.32 Å². The number of hydrogen-bond donors (Lipinski definition) is 1. The third-order valence-corrected chi connectivity index (χ3v) is 3.58. The Kier molecular flexibility index (Phi) is 3.75. The molecule has 1 amide bonds. The van der Waals surface area contributed by atoms with Crippen molar-refractivity contribution in [2.24, 2.45) is 5.92 Å². The van der Waals surface area contributed by atoms with Crippen LogP contribution in [0.15, 0.2) is 0 Å². The zero-order chi connectivity index (χ0) is 10.8. The van der Waals surface area contributed by atoms with E-state index < -0.39 is 12.0 Å². The number of alkyl halides is 2. The third-order valence-electron chi connectivity index (χ3n) is 2.42. The number of halogens is 2. The SMILES string of the molecule is CC(NC(=O)C1CCSC1)C(C)(F)F. The fourth-order valence-electron chi connectivity index (χ4n) is 1.20. The number of hydrogen-bond acceptors (Lipinski definition) is 2. The van der Waals surface area contributed by atoms with Crippen molar-refractivity contribution in [3.8, 4) is 0 Å². The van der Waals surface area contributed by atoms with E-state index in [-0.39, 0.29) is 11.8 Å². The highest BCUT2D eigenvalue weighted by atomic mass is 32.2. The van der Waals surface area contributed by atoms with Crippen molar-refractivity contribution in [2.75, 3.05) is 11.5 Å². The van der Waals surface area contributed by atoms with Gasteiger partial charge >= 0.3 is 0 Å². The standard InChI is InChI=1S/C9H15F2NOS/c1-6(9(2,10)11)12-8(13)7-3-4-14-5-7/h6-7H,3-5H2,1-2H3,(H,12,13). The van der Waals surface area contributed by atoms with Gasteiger partial charge in [-0.25, -0.2) is 8.78 Å². The van der Waals surface area contributed by atoms with E-state index in [1.54, 1.807) is 11.8 Å². The Bertz CT molecular complexity index is 211. The molecule has 1 fully saturated rings. The first-order chi connectivity index (χ1) is 6.41. The monoisotopic (exact) mass is 223 g/mol. The second kappa shape index (κ2) is 4.47. The molecule has 1 saturated heterocycles. The maximum absolute atomic E-state index is 12.7. The zero-order valence-electron chi connectivity index (χ0n) is 8.35. The Morgan fingerprint density at radius 2 is 2.29 bits per heavy atom. The van der Waals surface area contributed by atoms with Gasteiger partial charge in [-0.3, -0.25) is 4.79 Å². The van der Waals surface area contributed by atoms with Crippen LogP contribution in [0.4, 0.5) is 8.78 Å². The first-order valence-corrected chi connectivity index (χ1v) is 5.82. The molecule has 0 aromatic rings. The van der Waals surface area contributed by atoms with Gasteiger partial charge in [0.2, 0.25) is 5.91 Å². The van der Waals surface area contributed by atoms with Gasteiger partial charge in [0, 0.05) is 18.6 Å². The van der Waals surface area contributed by atoms with Crippen molar-refractivity contribution in [2.45, 2.75) is 32.2 Å². The lowest BCUT2D eigenvalue weighted by Gasteiger charge is -2.22. The maximum atomic E-state index is 12.7. The highest BCUT2D eigenvalue weighted by Gasteiger charge is 2.33. The van der Waals surface area contributed by atoms with Crippen LogP contribution in [-0.4, -0.2) is 29.4 Å². The van der Waals surface area contributed by atoms with Gasteiger partial charge in [-0.2, -0.15) is 11.8 Å². The summed E-state index contributed by atoms with van der Waals surface area (Å²) in [5, 5.41) is 2.36. The smallest absolute Gasteiger partial charge is 0.264 e. The third kappa shape index (κ3) is 3.12. The zero-order valence-corrected chi connectivity index (χ0v) is 9.16. The molecule has 2 nitrogen and oxygen atoms in total. The molecule has 0 aliphatic carbocycles. The number of rotatable bonds is 3. The number of thioether (sulfide) groups is 1. The van der Waals surface area contributed by atoms with E-state index in [0.717, 1.165) is 24.9 Å². The Balaban J connectivity index is 2.40. The second-order valence-electron chi connectivity index (χ2n) is 3.75. The van der Waals surface area contributed by atoms with Crippen molar-refractivity contribution >= 4 is 17.7 Å². The van der Waals surface area contributed by atoms with Crippen LogP contribution in [-0.2, 0) is 4.79 Å². The molecule has 2 unspecified atom stereocenters. The van der Waals surface area contributed by atoms with Crippen LogP contribution in [0.3, 0.4) is 0 Å². The van der Waals surface area contributed by atoms with E-state index in [1.165, 1.54) is 6.92 Å². The lowest BCUT2D eigenvalue weighted by atomic mass is 10.1. The van der Waals surface area contributed by atoms with Crippen LogP contribution in [0, 0.1) is 5.92 Å².